The second-order valence-electron chi connectivity index (χ2n) is 11.9. The zero-order valence-corrected chi connectivity index (χ0v) is 24.0. The van der Waals surface area contributed by atoms with Gasteiger partial charge in [-0.1, -0.05) is 53.2 Å². The number of nitrogens with zero attached hydrogens (tertiary/aromatic N) is 1. The number of hydrogen-bond acceptors (Lipinski definition) is 7. The second-order valence-corrected chi connectivity index (χ2v) is 11.9. The number of carbonyl (C=O) groups is 2. The number of cyclic esters (lactones) is 1. The fourth-order valence-electron chi connectivity index (χ4n) is 6.26. The molecule has 0 saturated heterocycles. The van der Waals surface area contributed by atoms with Gasteiger partial charge in [-0.2, -0.15) is 5.26 Å². The minimum absolute atomic E-state index is 0.0682. The monoisotopic (exact) mass is 531 g/mol. The maximum Gasteiger partial charge on any atom is 0.309 e. The van der Waals surface area contributed by atoms with Gasteiger partial charge < -0.3 is 19.7 Å². The molecule has 7 nitrogen and oxygen atoms in total. The van der Waals surface area contributed by atoms with Gasteiger partial charge in [-0.25, -0.2) is 0 Å². The molecule has 1 saturated carbocycles. The van der Waals surface area contributed by atoms with Gasteiger partial charge in [0.2, 0.25) is 0 Å². The van der Waals surface area contributed by atoms with E-state index >= 15 is 0 Å². The molecule has 0 aromatic carbocycles. The highest BCUT2D eigenvalue weighted by atomic mass is 16.5. The average molecular weight is 532 g/mol. The van der Waals surface area contributed by atoms with Crippen molar-refractivity contribution in [2.75, 3.05) is 6.61 Å². The molecule has 7 heteroatoms. The minimum atomic E-state index is -0.858. The maximum atomic E-state index is 12.9. The van der Waals surface area contributed by atoms with Gasteiger partial charge >= 0.3 is 11.9 Å². The van der Waals surface area contributed by atoms with Crippen molar-refractivity contribution in [2.24, 2.45) is 35.5 Å². The van der Waals surface area contributed by atoms with Crippen molar-refractivity contribution < 1.29 is 29.3 Å². The van der Waals surface area contributed by atoms with Crippen LogP contribution in [0.2, 0.25) is 0 Å². The Bertz CT molecular complexity index is 861. The number of allylic oxidation sites excluding steroid dienone is 2. The van der Waals surface area contributed by atoms with Crippen molar-refractivity contribution in [1.29, 1.82) is 5.26 Å². The van der Waals surface area contributed by atoms with Crippen molar-refractivity contribution >= 4 is 11.9 Å². The second kappa shape index (κ2) is 16.1. The van der Waals surface area contributed by atoms with Gasteiger partial charge in [-0.3, -0.25) is 9.59 Å². The molecule has 0 radical (unpaired) electrons. The molecule has 0 aromatic rings. The summed E-state index contributed by atoms with van der Waals surface area (Å²) in [5.74, 6) is -0.650. The normalized spacial score (nSPS) is 38.5. The summed E-state index contributed by atoms with van der Waals surface area (Å²) in [6, 6.07) is 2.14. The summed E-state index contributed by atoms with van der Waals surface area (Å²) < 4.78 is 11.4. The summed E-state index contributed by atoms with van der Waals surface area (Å²) in [6.45, 7) is 10.6. The Labute approximate surface area is 229 Å². The molecule has 1 aliphatic heterocycles. The number of aliphatic hydroxyl groups excluding tert-OH is 2. The van der Waals surface area contributed by atoms with E-state index in [0.717, 1.165) is 38.5 Å². The molecule has 0 amide bonds. The van der Waals surface area contributed by atoms with E-state index in [9.17, 15) is 25.1 Å². The van der Waals surface area contributed by atoms with Crippen molar-refractivity contribution in [3.8, 4) is 6.07 Å². The molecule has 2 N–H and O–H groups in total. The van der Waals surface area contributed by atoms with Crippen LogP contribution in [0.3, 0.4) is 0 Å². The van der Waals surface area contributed by atoms with E-state index < -0.39 is 24.3 Å². The van der Waals surface area contributed by atoms with Crippen molar-refractivity contribution in [2.45, 2.75) is 111 Å². The number of aliphatic hydroxyl groups is 2. The Morgan fingerprint density at radius 3 is 2.45 bits per heavy atom. The Hall–Kier alpha value is -2.17. The quantitative estimate of drug-likeness (QED) is 0.460. The van der Waals surface area contributed by atoms with E-state index in [1.54, 1.807) is 12.2 Å². The number of carbonyl (C=O) groups excluding carboxylic acids is 2. The standard InChI is InChI=1S/C31H49NO6/c1-6-14-37-31(36)26-12-9-11-25(26)28-13-8-7-10-24(19-32)30(35)23(5)17-21(3)15-20(2)16-22(4)27(33)18-29(34)38-28/h7-8,10,20-23,25-28,30,33,35H,6,9,11-18H2,1-5H3/b8-7+,24-10-/t20-,21+,22-,23-,25+,26+,27-,28-,30+/m0/s1. The molecule has 0 spiro atoms. The third kappa shape index (κ3) is 9.85. The molecule has 0 aromatic heterocycles. The fourth-order valence-corrected chi connectivity index (χ4v) is 6.26. The lowest BCUT2D eigenvalue weighted by Crippen LogP contribution is -2.35. The molecule has 2 aliphatic rings. The van der Waals surface area contributed by atoms with Crippen LogP contribution < -0.4 is 0 Å². The number of esters is 2. The van der Waals surface area contributed by atoms with E-state index in [1.165, 1.54) is 0 Å². The Morgan fingerprint density at radius 1 is 1.11 bits per heavy atom. The van der Waals surface area contributed by atoms with E-state index in [1.807, 2.05) is 26.8 Å². The van der Waals surface area contributed by atoms with Crippen LogP contribution in [0, 0.1) is 46.8 Å². The third-order valence-electron chi connectivity index (χ3n) is 8.23. The first-order valence-corrected chi connectivity index (χ1v) is 14.6. The van der Waals surface area contributed by atoms with Gasteiger partial charge in [0.1, 0.15) is 6.10 Å². The number of rotatable bonds is 4. The van der Waals surface area contributed by atoms with Crippen LogP contribution in [0.5, 0.6) is 0 Å². The summed E-state index contributed by atoms with van der Waals surface area (Å²) >= 11 is 0. The molecule has 2 rings (SSSR count). The van der Waals surface area contributed by atoms with Crippen LogP contribution in [0.4, 0.5) is 0 Å². The maximum absolute atomic E-state index is 12.9. The summed E-state index contributed by atoms with van der Waals surface area (Å²) in [5, 5.41) is 31.3. The molecule has 38 heavy (non-hydrogen) atoms. The molecule has 1 heterocycles. The Balaban J connectivity index is 2.31. The number of ether oxygens (including phenoxy) is 2. The van der Waals surface area contributed by atoms with Gasteiger partial charge in [-0.05, 0) is 68.3 Å². The number of hydrogen-bond donors (Lipinski definition) is 2. The summed E-state index contributed by atoms with van der Waals surface area (Å²) in [4.78, 5) is 25.7. The van der Waals surface area contributed by atoms with Crippen LogP contribution in [0.1, 0.15) is 92.4 Å². The van der Waals surface area contributed by atoms with Gasteiger partial charge in [-0.15, -0.1) is 0 Å². The van der Waals surface area contributed by atoms with E-state index in [0.29, 0.717) is 36.9 Å². The zero-order valence-electron chi connectivity index (χ0n) is 24.0. The molecular weight excluding hydrogens is 482 g/mol. The van der Waals surface area contributed by atoms with E-state index in [-0.39, 0.29) is 36.1 Å². The van der Waals surface area contributed by atoms with Crippen LogP contribution in [0.15, 0.2) is 23.8 Å². The lowest BCUT2D eigenvalue weighted by atomic mass is 9.82. The molecule has 9 atom stereocenters. The lowest BCUT2D eigenvalue weighted by molar-refractivity contribution is -0.161. The van der Waals surface area contributed by atoms with Gasteiger partial charge in [0.05, 0.1) is 42.8 Å². The number of nitriles is 1. The first-order chi connectivity index (χ1) is 18.1. The Kier molecular flexibility index (Phi) is 13.5. The lowest BCUT2D eigenvalue weighted by Gasteiger charge is -2.29. The average Bonchev–Trinajstić information content (AvgIpc) is 3.35. The molecule has 1 fully saturated rings. The van der Waals surface area contributed by atoms with Crippen molar-refractivity contribution in [3.63, 3.8) is 0 Å². The zero-order chi connectivity index (χ0) is 28.2. The highest BCUT2D eigenvalue weighted by Gasteiger charge is 2.40. The summed E-state index contributed by atoms with van der Waals surface area (Å²) in [5.41, 5.74) is 0.308. The van der Waals surface area contributed by atoms with Crippen molar-refractivity contribution in [3.05, 3.63) is 23.8 Å². The van der Waals surface area contributed by atoms with Crippen molar-refractivity contribution in [1.82, 2.24) is 0 Å². The van der Waals surface area contributed by atoms with E-state index in [4.69, 9.17) is 9.47 Å². The topological polar surface area (TPSA) is 117 Å². The highest BCUT2D eigenvalue weighted by Crippen LogP contribution is 2.38. The van der Waals surface area contributed by atoms with Crippen LogP contribution in [-0.4, -0.2) is 47.1 Å². The molecule has 214 valence electrons. The first kappa shape index (κ1) is 32.0. The molecular formula is C31H49NO6. The predicted molar refractivity (Wildman–Crippen MR) is 147 cm³/mol. The summed E-state index contributed by atoms with van der Waals surface area (Å²) in [7, 11) is 0. The van der Waals surface area contributed by atoms with Gasteiger partial charge in [0.25, 0.3) is 0 Å². The SMILES string of the molecule is CCCOC(=O)[C@@H]1CCC[C@H]1[C@@H]1C/C=C/C=C(/C#N)[C@H](O)[C@@H](C)C[C@H](C)C[C@H](C)C[C@H](C)[C@@H](O)CC(=O)O1. The molecule has 1 aliphatic carbocycles. The van der Waals surface area contributed by atoms with E-state index in [2.05, 4.69) is 19.9 Å². The minimum Gasteiger partial charge on any atom is -0.465 e. The predicted octanol–water partition coefficient (Wildman–Crippen LogP) is 5.50. The van der Waals surface area contributed by atoms with Crippen LogP contribution in [-0.2, 0) is 19.1 Å². The first-order valence-electron chi connectivity index (χ1n) is 14.6. The smallest absolute Gasteiger partial charge is 0.309 e. The molecule has 0 bridgehead atoms. The van der Waals surface area contributed by atoms with Gasteiger partial charge in [0.15, 0.2) is 0 Å². The van der Waals surface area contributed by atoms with Crippen LogP contribution >= 0.6 is 0 Å². The third-order valence-corrected chi connectivity index (χ3v) is 8.23. The summed E-state index contributed by atoms with van der Waals surface area (Å²) in [6.07, 6.45) is 8.82. The largest absolute Gasteiger partial charge is 0.465 e. The Morgan fingerprint density at radius 2 is 1.79 bits per heavy atom. The van der Waals surface area contributed by atoms with Crippen LogP contribution in [0.25, 0.3) is 0 Å². The fraction of sp³-hybridized carbons (Fsp3) is 0.774. The van der Waals surface area contributed by atoms with Gasteiger partial charge in [0, 0.05) is 12.3 Å². The highest BCUT2D eigenvalue weighted by molar-refractivity contribution is 5.73. The molecule has 0 unspecified atom stereocenters.